The van der Waals surface area contributed by atoms with Crippen molar-refractivity contribution in [3.63, 3.8) is 0 Å². The van der Waals surface area contributed by atoms with Gasteiger partial charge in [0.15, 0.2) is 0 Å². The highest BCUT2D eigenvalue weighted by Crippen LogP contribution is 2.19. The van der Waals surface area contributed by atoms with Crippen molar-refractivity contribution < 1.29 is 5.11 Å². The van der Waals surface area contributed by atoms with E-state index in [2.05, 4.69) is 31.8 Å². The largest absolute Gasteiger partial charge is 0.396 e. The summed E-state index contributed by atoms with van der Waals surface area (Å²) < 4.78 is 2.01. The van der Waals surface area contributed by atoms with Crippen LogP contribution in [0.4, 0.5) is 0 Å². The van der Waals surface area contributed by atoms with Gasteiger partial charge in [0.05, 0.1) is 6.33 Å². The molecule has 0 fully saturated rings. The van der Waals surface area contributed by atoms with Crippen molar-refractivity contribution in [3.05, 3.63) is 29.9 Å². The van der Waals surface area contributed by atoms with Gasteiger partial charge in [-0.3, -0.25) is 0 Å². The number of hydrogen-bond donors (Lipinski definition) is 1. The van der Waals surface area contributed by atoms with E-state index >= 15 is 0 Å². The SMILES string of the molecule is CC(C)=C[C@@H](C)[C@H](CO)Cc1cncn1C. The fourth-order valence-corrected chi connectivity index (χ4v) is 1.93. The number of allylic oxidation sites excluding steroid dienone is 2. The molecule has 16 heavy (non-hydrogen) atoms. The second kappa shape index (κ2) is 5.85. The molecule has 0 aromatic carbocycles. The lowest BCUT2D eigenvalue weighted by atomic mass is 9.89. The van der Waals surface area contributed by atoms with Crippen LogP contribution in [0.25, 0.3) is 0 Å². The molecule has 0 radical (unpaired) electrons. The average molecular weight is 222 g/mol. The second-order valence-corrected chi connectivity index (χ2v) is 4.75. The van der Waals surface area contributed by atoms with Crippen LogP contribution in [0.1, 0.15) is 26.5 Å². The molecular formula is C13H22N2O. The van der Waals surface area contributed by atoms with Crippen LogP contribution in [0.3, 0.4) is 0 Å². The first-order valence-electron chi connectivity index (χ1n) is 5.75. The van der Waals surface area contributed by atoms with Crippen molar-refractivity contribution in [1.29, 1.82) is 0 Å². The Morgan fingerprint density at radius 1 is 1.56 bits per heavy atom. The Morgan fingerprint density at radius 3 is 2.69 bits per heavy atom. The van der Waals surface area contributed by atoms with E-state index in [0.29, 0.717) is 5.92 Å². The van der Waals surface area contributed by atoms with Crippen LogP contribution in [-0.2, 0) is 13.5 Å². The molecule has 0 saturated heterocycles. The predicted molar refractivity (Wildman–Crippen MR) is 66.1 cm³/mol. The minimum absolute atomic E-state index is 0.218. The van der Waals surface area contributed by atoms with E-state index in [0.717, 1.165) is 6.42 Å². The summed E-state index contributed by atoms with van der Waals surface area (Å²) in [6, 6.07) is 0. The molecule has 90 valence electrons. The molecule has 0 saturated carbocycles. The molecule has 1 aromatic heterocycles. The summed E-state index contributed by atoms with van der Waals surface area (Å²) >= 11 is 0. The number of aromatic nitrogens is 2. The molecular weight excluding hydrogens is 200 g/mol. The van der Waals surface area contributed by atoms with E-state index < -0.39 is 0 Å². The summed E-state index contributed by atoms with van der Waals surface area (Å²) in [6.45, 7) is 6.56. The molecule has 1 N–H and O–H groups in total. The van der Waals surface area contributed by atoms with Crippen LogP contribution in [-0.4, -0.2) is 21.3 Å². The molecule has 2 atom stereocenters. The maximum atomic E-state index is 9.44. The number of nitrogens with zero attached hydrogens (tertiary/aromatic N) is 2. The molecule has 1 heterocycles. The van der Waals surface area contributed by atoms with Gasteiger partial charge in [-0.2, -0.15) is 0 Å². The fraction of sp³-hybridized carbons (Fsp3) is 0.615. The maximum absolute atomic E-state index is 9.44. The minimum Gasteiger partial charge on any atom is -0.396 e. The lowest BCUT2D eigenvalue weighted by Gasteiger charge is -2.19. The average Bonchev–Trinajstić information content (AvgIpc) is 2.59. The Kier molecular flexibility index (Phi) is 4.74. The predicted octanol–water partition coefficient (Wildman–Crippen LogP) is 2.17. The van der Waals surface area contributed by atoms with E-state index in [9.17, 15) is 5.11 Å². The van der Waals surface area contributed by atoms with Gasteiger partial charge in [-0.15, -0.1) is 0 Å². The van der Waals surface area contributed by atoms with Gasteiger partial charge in [-0.05, 0) is 32.1 Å². The first-order valence-corrected chi connectivity index (χ1v) is 5.75. The summed E-state index contributed by atoms with van der Waals surface area (Å²) in [4.78, 5) is 4.10. The summed E-state index contributed by atoms with van der Waals surface area (Å²) in [7, 11) is 1.99. The molecule has 1 rings (SSSR count). The van der Waals surface area contributed by atoms with Crippen LogP contribution < -0.4 is 0 Å². The number of hydrogen-bond acceptors (Lipinski definition) is 2. The summed E-state index contributed by atoms with van der Waals surface area (Å²) in [5, 5.41) is 9.44. The third-order valence-corrected chi connectivity index (χ3v) is 2.96. The Balaban J connectivity index is 2.69. The normalized spacial score (nSPS) is 14.6. The van der Waals surface area contributed by atoms with Gasteiger partial charge in [0, 0.05) is 25.5 Å². The molecule has 0 aliphatic carbocycles. The van der Waals surface area contributed by atoms with Crippen LogP contribution in [0, 0.1) is 11.8 Å². The lowest BCUT2D eigenvalue weighted by molar-refractivity contribution is 0.197. The molecule has 3 heteroatoms. The Morgan fingerprint density at radius 2 is 2.25 bits per heavy atom. The Labute approximate surface area is 97.8 Å². The maximum Gasteiger partial charge on any atom is 0.0945 e. The molecule has 1 aromatic rings. The summed E-state index contributed by atoms with van der Waals surface area (Å²) in [5.41, 5.74) is 2.48. The molecule has 0 bridgehead atoms. The number of aryl methyl sites for hydroxylation is 1. The van der Waals surface area contributed by atoms with Crippen LogP contribution in [0.2, 0.25) is 0 Å². The Hall–Kier alpha value is -1.09. The van der Waals surface area contributed by atoms with Gasteiger partial charge in [0.25, 0.3) is 0 Å². The molecule has 0 aliphatic heterocycles. The van der Waals surface area contributed by atoms with E-state index in [1.54, 1.807) is 6.33 Å². The topological polar surface area (TPSA) is 38.1 Å². The standard InChI is InChI=1S/C13H22N2O/c1-10(2)5-11(3)12(8-16)6-13-7-14-9-15(13)4/h5,7,9,11-12,16H,6,8H2,1-4H3/t11-,12+/m1/s1. The number of imidazole rings is 1. The van der Waals surface area contributed by atoms with Crippen molar-refractivity contribution in [3.8, 4) is 0 Å². The van der Waals surface area contributed by atoms with Crippen LogP contribution in [0.15, 0.2) is 24.2 Å². The molecule has 0 unspecified atom stereocenters. The van der Waals surface area contributed by atoms with E-state index in [4.69, 9.17) is 0 Å². The van der Waals surface area contributed by atoms with Gasteiger partial charge in [-0.25, -0.2) is 4.98 Å². The highest BCUT2D eigenvalue weighted by Gasteiger charge is 2.16. The summed E-state index contributed by atoms with van der Waals surface area (Å²) in [6.07, 6.45) is 6.77. The molecule has 0 aliphatic rings. The molecule has 0 amide bonds. The van der Waals surface area contributed by atoms with Crippen molar-refractivity contribution in [1.82, 2.24) is 9.55 Å². The number of aliphatic hydroxyl groups excluding tert-OH is 1. The number of rotatable bonds is 5. The second-order valence-electron chi connectivity index (χ2n) is 4.75. The quantitative estimate of drug-likeness (QED) is 0.775. The van der Waals surface area contributed by atoms with Gasteiger partial charge in [0.1, 0.15) is 0 Å². The highest BCUT2D eigenvalue weighted by atomic mass is 16.3. The Bertz CT molecular complexity index is 351. The first kappa shape index (κ1) is 13.0. The monoisotopic (exact) mass is 222 g/mol. The van der Waals surface area contributed by atoms with Crippen LogP contribution >= 0.6 is 0 Å². The van der Waals surface area contributed by atoms with Gasteiger partial charge in [0.2, 0.25) is 0 Å². The van der Waals surface area contributed by atoms with Gasteiger partial charge >= 0.3 is 0 Å². The van der Waals surface area contributed by atoms with Gasteiger partial charge < -0.3 is 9.67 Å². The van der Waals surface area contributed by atoms with E-state index in [1.807, 2.05) is 17.8 Å². The zero-order chi connectivity index (χ0) is 12.1. The zero-order valence-electron chi connectivity index (χ0n) is 10.6. The van der Waals surface area contributed by atoms with E-state index in [1.165, 1.54) is 11.3 Å². The van der Waals surface area contributed by atoms with Crippen molar-refractivity contribution >= 4 is 0 Å². The van der Waals surface area contributed by atoms with Crippen molar-refractivity contribution in [2.24, 2.45) is 18.9 Å². The first-order chi connectivity index (χ1) is 7.54. The zero-order valence-corrected chi connectivity index (χ0v) is 10.6. The lowest BCUT2D eigenvalue weighted by Crippen LogP contribution is -2.18. The van der Waals surface area contributed by atoms with E-state index in [-0.39, 0.29) is 12.5 Å². The third kappa shape index (κ3) is 3.49. The van der Waals surface area contributed by atoms with Crippen molar-refractivity contribution in [2.75, 3.05) is 6.61 Å². The minimum atomic E-state index is 0.218. The number of aliphatic hydroxyl groups is 1. The molecule has 3 nitrogen and oxygen atoms in total. The van der Waals surface area contributed by atoms with Crippen molar-refractivity contribution in [2.45, 2.75) is 27.2 Å². The fourth-order valence-electron chi connectivity index (χ4n) is 1.93. The third-order valence-electron chi connectivity index (χ3n) is 2.96. The highest BCUT2D eigenvalue weighted by molar-refractivity contribution is 5.03. The van der Waals surface area contributed by atoms with Gasteiger partial charge in [-0.1, -0.05) is 18.6 Å². The summed E-state index contributed by atoms with van der Waals surface area (Å²) in [5.74, 6) is 0.662. The van der Waals surface area contributed by atoms with Crippen LogP contribution in [0.5, 0.6) is 0 Å². The smallest absolute Gasteiger partial charge is 0.0945 e. The molecule has 0 spiro atoms.